The summed E-state index contributed by atoms with van der Waals surface area (Å²) < 4.78 is 87.6. The van der Waals surface area contributed by atoms with Crippen LogP contribution in [0, 0.1) is 0 Å². The van der Waals surface area contributed by atoms with Crippen LogP contribution in [0.3, 0.4) is 0 Å². The van der Waals surface area contributed by atoms with E-state index in [1.54, 1.807) is 24.3 Å². The average Bonchev–Trinajstić information content (AvgIpc) is 2.71. The van der Waals surface area contributed by atoms with E-state index in [1.807, 2.05) is 0 Å². The summed E-state index contributed by atoms with van der Waals surface area (Å²) in [7, 11) is 1.46. The van der Waals surface area contributed by atoms with E-state index < -0.39 is 270 Å². The molecule has 0 spiro atoms. The van der Waals surface area contributed by atoms with Crippen LogP contribution < -0.4 is 9.20 Å². The van der Waals surface area contributed by atoms with E-state index >= 15 is 0 Å². The van der Waals surface area contributed by atoms with Crippen molar-refractivity contribution >= 4 is 19.4 Å². The van der Waals surface area contributed by atoms with E-state index in [4.69, 9.17) is 71.1 Å². The average molecular weight is 1300 g/mol. The Morgan fingerprint density at radius 1 is 0.282 bits per heavy atom. The Balaban J connectivity index is 1.02. The summed E-state index contributed by atoms with van der Waals surface area (Å²) in [5.41, 5.74) is 0. The van der Waals surface area contributed by atoms with Crippen molar-refractivity contribution in [3.05, 3.63) is 24.3 Å². The molecule has 22 rings (SSSR count). The Labute approximate surface area is 488 Å². The molecule has 35 atom stereocenters. The zero-order valence-electron chi connectivity index (χ0n) is 44.9. The van der Waals surface area contributed by atoms with Crippen LogP contribution >= 0.6 is 0 Å². The molecule has 36 heteroatoms. The number of aliphatic hydroxyl groups excluding tert-OH is 20. The van der Waals surface area contributed by atoms with E-state index in [-0.39, 0.29) is 5.32 Å². The van der Waals surface area contributed by atoms with E-state index in [2.05, 4.69) is 0 Å². The van der Waals surface area contributed by atoms with Crippen LogP contribution in [0.1, 0.15) is 0 Å². The molecule has 0 aromatic heterocycles. The zero-order valence-corrected chi connectivity index (χ0v) is 46.7. The fraction of sp³-hybridized carbons (Fsp3) is 0.878. The summed E-state index contributed by atoms with van der Waals surface area (Å²) in [6.07, 6.45) is -69.1. The number of hydrogen-bond acceptors (Lipinski definition) is 35. The topological polar surface area (TPSA) is 543 Å². The van der Waals surface area contributed by atoms with Crippen LogP contribution in [0.15, 0.2) is 24.3 Å². The molecular formula is C49H76O35Se. The Morgan fingerprint density at radius 3 is 0.659 bits per heavy atom. The van der Waals surface area contributed by atoms with Gasteiger partial charge in [-0.1, -0.05) is 0 Å². The van der Waals surface area contributed by atoms with Gasteiger partial charge >= 0.3 is 299 Å². The summed E-state index contributed by atoms with van der Waals surface area (Å²) in [6, 6.07) is 6.80. The summed E-state index contributed by atoms with van der Waals surface area (Å²) in [4.78, 5) is 0. The summed E-state index contributed by atoms with van der Waals surface area (Å²) in [6.45, 7) is -6.20. The van der Waals surface area contributed by atoms with Gasteiger partial charge in [0, 0.05) is 0 Å². The van der Waals surface area contributed by atoms with Crippen molar-refractivity contribution in [3.63, 3.8) is 0 Å². The third-order valence-electron chi connectivity index (χ3n) is 16.1. The van der Waals surface area contributed by atoms with Gasteiger partial charge in [0.25, 0.3) is 0 Å². The normalized spacial score (nSPS) is 51.2. The zero-order chi connectivity index (χ0) is 61.5. The van der Waals surface area contributed by atoms with Gasteiger partial charge in [0.05, 0.1) is 26.4 Å². The molecule has 0 saturated carbocycles. The van der Waals surface area contributed by atoms with E-state index in [9.17, 15) is 102 Å². The third-order valence-corrected chi connectivity index (χ3v) is 18.4. The second-order valence-corrected chi connectivity index (χ2v) is 23.7. The molecule has 0 aliphatic carbocycles. The van der Waals surface area contributed by atoms with Gasteiger partial charge in [-0.25, -0.2) is 0 Å². The molecule has 488 valence electrons. The van der Waals surface area contributed by atoms with Gasteiger partial charge in [-0.05, 0) is 0 Å². The first-order valence-corrected chi connectivity index (χ1v) is 29.3. The van der Waals surface area contributed by atoms with E-state index in [1.165, 1.54) is 7.11 Å². The molecule has 0 amide bonds. The minimum atomic E-state index is -2.21. The van der Waals surface area contributed by atoms with Crippen molar-refractivity contribution in [2.75, 3.05) is 46.8 Å². The molecule has 20 N–H and O–H groups in total. The fourth-order valence-electron chi connectivity index (χ4n) is 11.3. The molecule has 0 unspecified atom stereocenters. The number of rotatable bonds is 10. The molecule has 21 fully saturated rings. The Hall–Kier alpha value is -1.82. The van der Waals surface area contributed by atoms with Crippen LogP contribution in [-0.2, 0) is 66.3 Å². The summed E-state index contributed by atoms with van der Waals surface area (Å²) >= 11 is -0.579. The van der Waals surface area contributed by atoms with Crippen molar-refractivity contribution in [1.29, 1.82) is 0 Å². The van der Waals surface area contributed by atoms with Crippen molar-refractivity contribution in [2.24, 2.45) is 0 Å². The van der Waals surface area contributed by atoms with Crippen LogP contribution in [0.5, 0.6) is 5.75 Å². The predicted octanol–water partition coefficient (Wildman–Crippen LogP) is -13.8. The molecule has 1 aromatic rings. The standard InChI is InChI=1S/C49H76O35Se/c1-70-13-2-4-14(5-3-13)85-12-21-42-28(62)35(69)49(77-21)83-41-20(11-55)75-47(33(67)26(41)60)81-39-18(9-53)73-45(31(65)24(39)58)79-37-16(7-51)71-43(29(63)22(37)56)78-36-15(6-50)72-44(30(64)23(36)57)80-38-17(8-52)74-46(32(66)25(38)59)82-40-19(10-54)76-48(84-42)34(68)27(40)61/h2-5,15-69H,6-12H2,1H3/t15-,16-,17-,18-,19-,20-,21-,22-,23-,24-,25-,26-,27-,28-,29-,30-,31-,32-,33-,34-,35-,36-,37-,38-,39-,40-,41-,42-,43-,44-,45-,46-,47-,48-,49-/m1/s1. The summed E-state index contributed by atoms with van der Waals surface area (Å²) in [5, 5.41) is 224. The first-order chi connectivity index (χ1) is 40.6. The Morgan fingerprint density at radius 2 is 0.471 bits per heavy atom. The Bertz CT molecular complexity index is 2200. The van der Waals surface area contributed by atoms with E-state index in [0.717, 1.165) is 4.46 Å². The quantitative estimate of drug-likeness (QED) is 0.0967. The first kappa shape index (κ1) is 67.6. The molecule has 21 aliphatic heterocycles. The molecule has 14 bridgehead atoms. The molecule has 21 aliphatic rings. The van der Waals surface area contributed by atoms with Crippen molar-refractivity contribution in [2.45, 2.75) is 220 Å². The van der Waals surface area contributed by atoms with Crippen LogP contribution in [0.2, 0.25) is 5.32 Å². The van der Waals surface area contributed by atoms with Crippen LogP contribution in [0.4, 0.5) is 0 Å². The molecule has 85 heavy (non-hydrogen) atoms. The molecule has 21 heterocycles. The SMILES string of the molecule is COc1ccc([Se]C[C@H]2O[C@@H]3O[C@H]4[C@H](O)[C@@H](O)[C@@H](O[C@H]5[C@H](O)[C@@H](O)[C@@H](O[C@H]6[C@H](O)[C@@H](O)[C@@H](O[C@H]7[C@H](O)[C@@H](O)[C@@H](O[C@H]8[C@H](O)[C@@H](O)[C@@H](O[C@H]9[C@H](O)[C@@H](O)[C@@H](O[C@H]2[C@H](O)[C@H]3O)O[C@@H]9CO)O[C@@H]8CO)O[C@@H]7CO)O[C@@H]6CO)O[C@@H]5CO)O[C@@H]4CO)cc1. The first-order valence-electron chi connectivity index (χ1n) is 27.2. The third kappa shape index (κ3) is 13.9. The summed E-state index contributed by atoms with van der Waals surface area (Å²) in [5.74, 6) is 0.523. The monoisotopic (exact) mass is 1300 g/mol. The molecule has 35 nitrogen and oxygen atoms in total. The van der Waals surface area contributed by atoms with E-state index in [0.29, 0.717) is 5.75 Å². The molecule has 21 saturated heterocycles. The van der Waals surface area contributed by atoms with Gasteiger partial charge in [-0.2, -0.15) is 0 Å². The number of methoxy groups -OCH3 is 1. The number of aliphatic hydroxyl groups is 20. The molecular weight excluding hydrogens is 1230 g/mol. The van der Waals surface area contributed by atoms with Gasteiger partial charge in [-0.15, -0.1) is 0 Å². The van der Waals surface area contributed by atoms with Gasteiger partial charge in [0.2, 0.25) is 0 Å². The number of hydrogen-bond donors (Lipinski definition) is 20. The van der Waals surface area contributed by atoms with Crippen LogP contribution in [-0.4, -0.2) is 379 Å². The maximum atomic E-state index is 11.9. The second kappa shape index (κ2) is 29.2. The minimum absolute atomic E-state index is 0.0335. The van der Waals surface area contributed by atoms with Crippen LogP contribution in [0.25, 0.3) is 0 Å². The van der Waals surface area contributed by atoms with Crippen molar-refractivity contribution in [3.8, 4) is 5.75 Å². The van der Waals surface area contributed by atoms with Crippen molar-refractivity contribution < 1.29 is 173 Å². The number of ether oxygens (including phenoxy) is 15. The maximum absolute atomic E-state index is 11.9. The number of benzene rings is 1. The molecule has 1 aromatic carbocycles. The predicted molar refractivity (Wildman–Crippen MR) is 265 cm³/mol. The molecule has 0 radical (unpaired) electrons. The van der Waals surface area contributed by atoms with Gasteiger partial charge in [0.1, 0.15) is 61.0 Å². The Kier molecular flexibility index (Phi) is 23.2. The second-order valence-electron chi connectivity index (χ2n) is 21.5. The van der Waals surface area contributed by atoms with Gasteiger partial charge < -0.3 is 84.6 Å². The van der Waals surface area contributed by atoms with Gasteiger partial charge in [0.15, 0.2) is 18.9 Å². The van der Waals surface area contributed by atoms with Gasteiger partial charge in [-0.3, -0.25) is 0 Å². The fourth-order valence-corrected chi connectivity index (χ4v) is 13.3. The van der Waals surface area contributed by atoms with Crippen molar-refractivity contribution in [1.82, 2.24) is 0 Å².